The van der Waals surface area contributed by atoms with Crippen molar-refractivity contribution in [2.24, 2.45) is 17.8 Å². The van der Waals surface area contributed by atoms with Crippen molar-refractivity contribution < 1.29 is 15.3 Å². The molecule has 39 heavy (non-hydrogen) atoms. The topological polar surface area (TPSA) is 60.7 Å². The molecule has 210 valence electrons. The number of allylic oxidation sites excluding steroid dienone is 9. The highest BCUT2D eigenvalue weighted by molar-refractivity contribution is 5.68. The molecule has 0 aromatic heterocycles. The number of hydrogen-bond acceptors (Lipinski definition) is 3. The Bertz CT molecular complexity index is 1110. The van der Waals surface area contributed by atoms with Gasteiger partial charge in [0.2, 0.25) is 0 Å². The van der Waals surface area contributed by atoms with Crippen LogP contribution in [0.15, 0.2) is 71.4 Å². The standard InChI is InChI=1S/C36H48O3/c1-19(2)25-13-10-22(7)16-28(25)31-34(37)32(29-17-23(8)11-14-26(29)20(3)4)36(39)33(35(31)38)30-18-24(9)12-15-27(30)21(5)6/h16-18,25-30,37-39H,1,3,5,10-15H2,2,4,6-9H3/t25-,26-,27+,28+,29?,30-/m0/s1. The average molecular weight is 529 g/mol. The fraction of sp³-hybridized carbons (Fsp3) is 0.500. The number of hydrogen-bond donors (Lipinski definition) is 3. The van der Waals surface area contributed by atoms with Crippen molar-refractivity contribution in [2.75, 3.05) is 0 Å². The minimum Gasteiger partial charge on any atom is -0.507 e. The Balaban J connectivity index is 2.10. The van der Waals surface area contributed by atoms with Crippen molar-refractivity contribution >= 4 is 0 Å². The Labute approximate surface area is 236 Å². The number of phenols is 3. The van der Waals surface area contributed by atoms with E-state index in [1.807, 2.05) is 20.8 Å². The van der Waals surface area contributed by atoms with E-state index >= 15 is 0 Å². The normalized spacial score (nSPS) is 29.2. The molecule has 0 amide bonds. The maximum absolute atomic E-state index is 12.1. The Morgan fingerprint density at radius 3 is 0.974 bits per heavy atom. The molecule has 1 aromatic carbocycles. The third-order valence-electron chi connectivity index (χ3n) is 9.67. The lowest BCUT2D eigenvalue weighted by Gasteiger charge is -2.38. The summed E-state index contributed by atoms with van der Waals surface area (Å²) >= 11 is 0. The van der Waals surface area contributed by atoms with Crippen LogP contribution in [0.1, 0.15) is 115 Å². The highest BCUT2D eigenvalue weighted by Gasteiger charge is 2.41. The number of phenolic OH excluding ortho intramolecular Hbond substituents is 3. The predicted octanol–water partition coefficient (Wildman–Crippen LogP) is 9.85. The summed E-state index contributed by atoms with van der Waals surface area (Å²) in [5.41, 5.74) is 8.44. The second-order valence-corrected chi connectivity index (χ2v) is 12.9. The van der Waals surface area contributed by atoms with Gasteiger partial charge in [-0.15, -0.1) is 0 Å². The Morgan fingerprint density at radius 1 is 0.538 bits per heavy atom. The van der Waals surface area contributed by atoms with E-state index in [1.165, 1.54) is 16.7 Å². The van der Waals surface area contributed by atoms with Crippen molar-refractivity contribution in [2.45, 2.75) is 97.8 Å². The zero-order valence-electron chi connectivity index (χ0n) is 24.9. The molecule has 4 rings (SSSR count). The van der Waals surface area contributed by atoms with Crippen LogP contribution >= 0.6 is 0 Å². The van der Waals surface area contributed by atoms with Gasteiger partial charge < -0.3 is 15.3 Å². The van der Waals surface area contributed by atoms with Crippen LogP contribution in [0.25, 0.3) is 0 Å². The molecule has 0 aliphatic heterocycles. The third-order valence-corrected chi connectivity index (χ3v) is 9.67. The van der Waals surface area contributed by atoms with Crippen LogP contribution in [0.4, 0.5) is 0 Å². The van der Waals surface area contributed by atoms with Gasteiger partial charge in [0.05, 0.1) is 0 Å². The summed E-state index contributed by atoms with van der Waals surface area (Å²) < 4.78 is 0. The Hall–Kier alpha value is -2.94. The molecule has 0 spiro atoms. The molecular weight excluding hydrogens is 480 g/mol. The van der Waals surface area contributed by atoms with E-state index in [4.69, 9.17) is 0 Å². The van der Waals surface area contributed by atoms with Crippen molar-refractivity contribution in [3.8, 4) is 17.2 Å². The van der Waals surface area contributed by atoms with Crippen LogP contribution in [-0.2, 0) is 0 Å². The molecule has 0 heterocycles. The fourth-order valence-corrected chi connectivity index (χ4v) is 7.44. The van der Waals surface area contributed by atoms with Crippen LogP contribution in [0.3, 0.4) is 0 Å². The lowest BCUT2D eigenvalue weighted by molar-refractivity contribution is 0.361. The van der Waals surface area contributed by atoms with Crippen molar-refractivity contribution in [3.05, 3.63) is 88.1 Å². The Morgan fingerprint density at radius 2 is 0.769 bits per heavy atom. The molecule has 3 heteroatoms. The van der Waals surface area contributed by atoms with Crippen molar-refractivity contribution in [1.82, 2.24) is 0 Å². The van der Waals surface area contributed by atoms with Crippen LogP contribution < -0.4 is 0 Å². The first-order chi connectivity index (χ1) is 18.3. The van der Waals surface area contributed by atoms with Crippen LogP contribution in [0, 0.1) is 17.8 Å². The molecule has 3 aliphatic carbocycles. The monoisotopic (exact) mass is 528 g/mol. The SMILES string of the molecule is C=C(C)[C@H]1CCC(C)=C[C@@H]1c1c(O)c(C2C=C(C)CC[C@H]2C(=C)C)c(O)c([C@@H]2C=C(C)CC[C@H]2C(=C)C)c1O. The second-order valence-electron chi connectivity index (χ2n) is 12.9. The first kappa shape index (κ1) is 29.1. The molecule has 0 radical (unpaired) electrons. The summed E-state index contributed by atoms with van der Waals surface area (Å²) in [6.07, 6.45) is 12.2. The van der Waals surface area contributed by atoms with E-state index in [1.54, 1.807) is 0 Å². The van der Waals surface area contributed by atoms with Crippen LogP contribution in [-0.4, -0.2) is 15.3 Å². The van der Waals surface area contributed by atoms with E-state index in [9.17, 15) is 15.3 Å². The van der Waals surface area contributed by atoms with Gasteiger partial charge in [-0.2, -0.15) is 0 Å². The van der Waals surface area contributed by atoms with E-state index < -0.39 is 0 Å². The summed E-state index contributed by atoms with van der Waals surface area (Å²) in [6.45, 7) is 25.3. The van der Waals surface area contributed by atoms with Gasteiger partial charge in [-0.3, -0.25) is 0 Å². The summed E-state index contributed by atoms with van der Waals surface area (Å²) in [7, 11) is 0. The van der Waals surface area contributed by atoms with Crippen molar-refractivity contribution in [1.29, 1.82) is 0 Å². The number of rotatable bonds is 6. The summed E-state index contributed by atoms with van der Waals surface area (Å²) in [5.74, 6) is -0.329. The Kier molecular flexibility index (Phi) is 8.40. The smallest absolute Gasteiger partial charge is 0.130 e. The van der Waals surface area contributed by atoms with Gasteiger partial charge in [-0.1, -0.05) is 71.4 Å². The minimum absolute atomic E-state index is 0.0153. The highest BCUT2D eigenvalue weighted by atomic mass is 16.3. The quantitative estimate of drug-likeness (QED) is 0.322. The minimum atomic E-state index is -0.219. The lowest BCUT2D eigenvalue weighted by Crippen LogP contribution is -2.22. The van der Waals surface area contributed by atoms with Crippen LogP contribution in [0.5, 0.6) is 17.2 Å². The molecule has 3 aliphatic rings. The zero-order valence-corrected chi connectivity index (χ0v) is 24.9. The van der Waals surface area contributed by atoms with Gasteiger partial charge in [-0.25, -0.2) is 0 Å². The molecule has 0 bridgehead atoms. The van der Waals surface area contributed by atoms with Gasteiger partial charge in [0, 0.05) is 34.4 Å². The van der Waals surface area contributed by atoms with Gasteiger partial charge in [-0.05, 0) is 97.8 Å². The van der Waals surface area contributed by atoms with E-state index in [-0.39, 0.29) is 52.8 Å². The number of benzene rings is 1. The third kappa shape index (κ3) is 5.42. The van der Waals surface area contributed by atoms with Gasteiger partial charge >= 0.3 is 0 Å². The summed E-state index contributed by atoms with van der Waals surface area (Å²) in [4.78, 5) is 0. The number of aromatic hydroxyl groups is 3. The fourth-order valence-electron chi connectivity index (χ4n) is 7.44. The molecule has 6 atom stereocenters. The molecule has 3 nitrogen and oxygen atoms in total. The highest BCUT2D eigenvalue weighted by Crippen LogP contribution is 2.58. The molecule has 3 N–H and O–H groups in total. The lowest BCUT2D eigenvalue weighted by atomic mass is 9.67. The largest absolute Gasteiger partial charge is 0.507 e. The molecular formula is C36H48O3. The first-order valence-electron chi connectivity index (χ1n) is 14.6. The average Bonchev–Trinajstić information content (AvgIpc) is 2.83. The first-order valence-corrected chi connectivity index (χ1v) is 14.6. The predicted molar refractivity (Wildman–Crippen MR) is 164 cm³/mol. The summed E-state index contributed by atoms with van der Waals surface area (Å²) in [5, 5.41) is 36.3. The van der Waals surface area contributed by atoms with E-state index in [0.717, 1.165) is 55.2 Å². The van der Waals surface area contributed by atoms with E-state index in [2.05, 4.69) is 58.7 Å². The molecule has 1 aromatic rings. The van der Waals surface area contributed by atoms with E-state index in [0.29, 0.717) is 16.7 Å². The van der Waals surface area contributed by atoms with Crippen LogP contribution in [0.2, 0.25) is 0 Å². The molecule has 0 fully saturated rings. The summed E-state index contributed by atoms with van der Waals surface area (Å²) in [6, 6.07) is 0. The maximum Gasteiger partial charge on any atom is 0.130 e. The van der Waals surface area contributed by atoms with Crippen molar-refractivity contribution in [3.63, 3.8) is 0 Å². The second kappa shape index (κ2) is 11.3. The van der Waals surface area contributed by atoms with Gasteiger partial charge in [0.15, 0.2) is 0 Å². The molecule has 0 saturated heterocycles. The van der Waals surface area contributed by atoms with Gasteiger partial charge in [0.1, 0.15) is 17.2 Å². The molecule has 1 unspecified atom stereocenters. The molecule has 0 saturated carbocycles. The van der Waals surface area contributed by atoms with Gasteiger partial charge in [0.25, 0.3) is 0 Å². The zero-order chi connectivity index (χ0) is 28.8. The maximum atomic E-state index is 12.1.